The molecule has 188 valence electrons. The van der Waals surface area contributed by atoms with E-state index in [0.717, 1.165) is 17.7 Å². The number of hydrogen-bond donors (Lipinski definition) is 0. The molecule has 4 aromatic rings. The first kappa shape index (κ1) is 24.3. The van der Waals surface area contributed by atoms with Crippen LogP contribution in [0.3, 0.4) is 0 Å². The van der Waals surface area contributed by atoms with Gasteiger partial charge in [-0.25, -0.2) is 18.2 Å². The number of amides is 1. The molecule has 0 atom stereocenters. The lowest BCUT2D eigenvalue weighted by atomic mass is 10.0. The van der Waals surface area contributed by atoms with E-state index in [-0.39, 0.29) is 24.7 Å². The first-order valence-electron chi connectivity index (χ1n) is 11.7. The number of aromatic nitrogens is 2. The van der Waals surface area contributed by atoms with Gasteiger partial charge in [-0.05, 0) is 29.8 Å². The number of anilines is 1. The lowest BCUT2D eigenvalue weighted by Gasteiger charge is -2.30. The normalized spacial score (nSPS) is 12.7. The minimum atomic E-state index is -0.937. The molecule has 37 heavy (non-hydrogen) atoms. The fourth-order valence-corrected chi connectivity index (χ4v) is 4.22. The maximum absolute atomic E-state index is 14.4. The molecule has 5 rings (SSSR count). The molecule has 1 amide bonds. The van der Waals surface area contributed by atoms with E-state index in [1.54, 1.807) is 12.1 Å². The van der Waals surface area contributed by atoms with Crippen molar-refractivity contribution < 1.29 is 22.7 Å². The molecule has 1 aliphatic rings. The Bertz CT molecular complexity index is 1430. The Balaban J connectivity index is 1.50. The van der Waals surface area contributed by atoms with Crippen LogP contribution >= 0.6 is 0 Å². The van der Waals surface area contributed by atoms with Gasteiger partial charge in [0.05, 0.1) is 17.8 Å². The fraction of sp³-hybridized carbons (Fsp3) is 0.179. The number of hydrogen-bond acceptors (Lipinski definition) is 5. The van der Waals surface area contributed by atoms with Crippen molar-refractivity contribution in [3.63, 3.8) is 0 Å². The van der Waals surface area contributed by atoms with Gasteiger partial charge in [-0.15, -0.1) is 0 Å². The van der Waals surface area contributed by atoms with Crippen molar-refractivity contribution >= 4 is 11.9 Å². The van der Waals surface area contributed by atoms with E-state index in [2.05, 4.69) is 4.98 Å². The van der Waals surface area contributed by atoms with Crippen LogP contribution < -0.4 is 9.64 Å². The van der Waals surface area contributed by atoms with Crippen LogP contribution in [0, 0.1) is 17.5 Å². The number of rotatable bonds is 6. The predicted octanol–water partition coefficient (Wildman–Crippen LogP) is 5.52. The Hall–Kier alpha value is -4.40. The zero-order chi connectivity index (χ0) is 25.9. The maximum Gasteiger partial charge on any atom is 0.260 e. The van der Waals surface area contributed by atoms with E-state index in [1.165, 1.54) is 23.1 Å². The van der Waals surface area contributed by atoms with Crippen LogP contribution in [0.15, 0.2) is 72.8 Å². The summed E-state index contributed by atoms with van der Waals surface area (Å²) in [7, 11) is 1.83. The zero-order valence-corrected chi connectivity index (χ0v) is 20.0. The molecule has 0 saturated carbocycles. The average molecular weight is 505 g/mol. The third-order valence-electron chi connectivity index (χ3n) is 6.12. The number of ether oxygens (including phenoxy) is 1. The lowest BCUT2D eigenvalue weighted by Crippen LogP contribution is -2.38. The Morgan fingerprint density at radius 2 is 1.59 bits per heavy atom. The van der Waals surface area contributed by atoms with Crippen molar-refractivity contribution in [2.24, 2.45) is 0 Å². The van der Waals surface area contributed by atoms with Crippen LogP contribution in [0.4, 0.5) is 19.1 Å². The molecule has 2 heterocycles. The molecule has 9 heteroatoms. The third-order valence-corrected chi connectivity index (χ3v) is 6.12. The molecule has 0 fully saturated rings. The number of benzene rings is 3. The summed E-state index contributed by atoms with van der Waals surface area (Å²) in [5, 5.41) is 0. The molecule has 0 spiro atoms. The number of carbonyl (C=O) groups excluding carboxylic acids is 1. The second kappa shape index (κ2) is 10.3. The van der Waals surface area contributed by atoms with E-state index in [4.69, 9.17) is 9.72 Å². The Morgan fingerprint density at radius 3 is 2.32 bits per heavy atom. The first-order valence-corrected chi connectivity index (χ1v) is 11.7. The van der Waals surface area contributed by atoms with Crippen molar-refractivity contribution in [2.45, 2.75) is 19.5 Å². The summed E-state index contributed by atoms with van der Waals surface area (Å²) in [5.74, 6) is -2.83. The Morgan fingerprint density at radius 1 is 0.919 bits per heavy atom. The number of nitrogens with zero attached hydrogens (tertiary/aromatic N) is 4. The largest absolute Gasteiger partial charge is 0.435 e. The number of fused-ring (bicyclic) bond motifs is 1. The van der Waals surface area contributed by atoms with Crippen molar-refractivity contribution in [3.8, 4) is 11.6 Å². The van der Waals surface area contributed by atoms with Gasteiger partial charge in [0.2, 0.25) is 11.8 Å². The van der Waals surface area contributed by atoms with E-state index in [1.807, 2.05) is 42.3 Å². The summed E-state index contributed by atoms with van der Waals surface area (Å²) in [4.78, 5) is 25.5. The van der Waals surface area contributed by atoms with Gasteiger partial charge >= 0.3 is 0 Å². The van der Waals surface area contributed by atoms with Crippen molar-refractivity contribution in [3.05, 3.63) is 113 Å². The molecule has 0 unspecified atom stereocenters. The smallest absolute Gasteiger partial charge is 0.260 e. The van der Waals surface area contributed by atoms with E-state index in [9.17, 15) is 18.0 Å². The molecular weight excluding hydrogens is 481 g/mol. The highest BCUT2D eigenvalue weighted by molar-refractivity contribution is 5.95. The van der Waals surface area contributed by atoms with Gasteiger partial charge in [0.25, 0.3) is 5.91 Å². The standard InChI is InChI=1S/C28H23F3N4O2/c1-34(16-18-8-3-2-4-9-18)28-32-23-14-15-35(27(36)25-21(30)11-7-12-22(25)31)17-19(23)26(33-28)37-24-13-6-5-10-20(24)29/h2-13H,14-17H2,1H3. The molecule has 0 saturated heterocycles. The minimum absolute atomic E-state index is 0.0383. The van der Waals surface area contributed by atoms with Gasteiger partial charge in [0.1, 0.15) is 17.2 Å². The second-order valence-electron chi connectivity index (χ2n) is 8.70. The highest BCUT2D eigenvalue weighted by Crippen LogP contribution is 2.33. The summed E-state index contributed by atoms with van der Waals surface area (Å²) in [6.07, 6.45) is 0.305. The number of para-hydroxylation sites is 1. The number of halogens is 3. The average Bonchev–Trinajstić information content (AvgIpc) is 2.90. The van der Waals surface area contributed by atoms with E-state index >= 15 is 0 Å². The summed E-state index contributed by atoms with van der Waals surface area (Å²) in [6.45, 7) is 0.669. The SMILES string of the molecule is CN(Cc1ccccc1)c1nc2c(c(Oc3ccccc3F)n1)CN(C(=O)c1c(F)cccc1F)CC2. The predicted molar refractivity (Wildman–Crippen MR) is 132 cm³/mol. The van der Waals surface area contributed by atoms with Gasteiger partial charge in [0, 0.05) is 26.6 Å². The fourth-order valence-electron chi connectivity index (χ4n) is 4.22. The Kier molecular flexibility index (Phi) is 6.76. The van der Waals surface area contributed by atoms with Gasteiger partial charge in [-0.2, -0.15) is 4.98 Å². The van der Waals surface area contributed by atoms with Gasteiger partial charge in [-0.1, -0.05) is 48.5 Å². The van der Waals surface area contributed by atoms with E-state index in [0.29, 0.717) is 30.2 Å². The molecule has 0 bridgehead atoms. The lowest BCUT2D eigenvalue weighted by molar-refractivity contribution is 0.0722. The molecular formula is C28H23F3N4O2. The van der Waals surface area contributed by atoms with Crippen molar-refractivity contribution in [1.82, 2.24) is 14.9 Å². The summed E-state index contributed by atoms with van der Waals surface area (Å²) < 4.78 is 48.9. The molecule has 6 nitrogen and oxygen atoms in total. The summed E-state index contributed by atoms with van der Waals surface area (Å²) in [5.41, 5.74) is 1.50. The molecule has 1 aromatic heterocycles. The van der Waals surface area contributed by atoms with Crippen LogP contribution in [0.2, 0.25) is 0 Å². The third kappa shape index (κ3) is 5.11. The van der Waals surface area contributed by atoms with Crippen LogP contribution in [0.5, 0.6) is 11.6 Å². The van der Waals surface area contributed by atoms with Gasteiger partial charge in [0.15, 0.2) is 11.6 Å². The zero-order valence-electron chi connectivity index (χ0n) is 20.0. The summed E-state index contributed by atoms with van der Waals surface area (Å²) in [6, 6.07) is 19.0. The molecule has 0 radical (unpaired) electrons. The van der Waals surface area contributed by atoms with Crippen molar-refractivity contribution in [2.75, 3.05) is 18.5 Å². The second-order valence-corrected chi connectivity index (χ2v) is 8.70. The van der Waals surface area contributed by atoms with Crippen LogP contribution in [-0.4, -0.2) is 34.4 Å². The quantitative estimate of drug-likeness (QED) is 0.346. The molecule has 3 aromatic carbocycles. The van der Waals surface area contributed by atoms with Crippen LogP contribution in [0.25, 0.3) is 0 Å². The summed E-state index contributed by atoms with van der Waals surface area (Å²) >= 11 is 0. The monoisotopic (exact) mass is 504 g/mol. The Labute approximate surface area is 212 Å². The van der Waals surface area contributed by atoms with Crippen LogP contribution in [-0.2, 0) is 19.5 Å². The molecule has 0 aliphatic carbocycles. The van der Waals surface area contributed by atoms with Gasteiger partial charge in [-0.3, -0.25) is 4.79 Å². The maximum atomic E-state index is 14.4. The highest BCUT2D eigenvalue weighted by Gasteiger charge is 2.30. The molecule has 1 aliphatic heterocycles. The van der Waals surface area contributed by atoms with Crippen LogP contribution in [0.1, 0.15) is 27.2 Å². The topological polar surface area (TPSA) is 58.6 Å². The number of carbonyl (C=O) groups is 1. The van der Waals surface area contributed by atoms with E-state index < -0.39 is 28.9 Å². The molecule has 0 N–H and O–H groups in total. The highest BCUT2D eigenvalue weighted by atomic mass is 19.1. The van der Waals surface area contributed by atoms with Crippen molar-refractivity contribution in [1.29, 1.82) is 0 Å². The van der Waals surface area contributed by atoms with Gasteiger partial charge < -0.3 is 14.5 Å². The first-order chi connectivity index (χ1) is 17.9. The minimum Gasteiger partial charge on any atom is -0.435 e.